The van der Waals surface area contributed by atoms with Crippen molar-refractivity contribution in [1.29, 1.82) is 0 Å². The Morgan fingerprint density at radius 1 is 1.16 bits per heavy atom. The molecule has 2 aromatic rings. The summed E-state index contributed by atoms with van der Waals surface area (Å²) in [5.41, 5.74) is 3.16. The highest BCUT2D eigenvalue weighted by atomic mass is 79.9. The van der Waals surface area contributed by atoms with Gasteiger partial charge in [0.05, 0.1) is 10.9 Å². The molecule has 6 heteroatoms. The second kappa shape index (κ2) is 7.09. The summed E-state index contributed by atoms with van der Waals surface area (Å²) < 4.78 is 28.8. The highest BCUT2D eigenvalue weighted by Gasteiger charge is 2.37. The van der Waals surface area contributed by atoms with Gasteiger partial charge in [-0.2, -0.15) is 4.31 Å². The van der Waals surface area contributed by atoms with Crippen LogP contribution < -0.4 is 4.90 Å². The molecule has 0 aliphatic carbocycles. The quantitative estimate of drug-likeness (QED) is 0.734. The van der Waals surface area contributed by atoms with E-state index in [1.807, 2.05) is 56.3 Å². The smallest absolute Gasteiger partial charge is 0.244 e. The van der Waals surface area contributed by atoms with E-state index in [1.165, 1.54) is 0 Å². The topological polar surface area (TPSA) is 40.6 Å². The molecule has 1 unspecified atom stereocenters. The SMILES string of the molecule is Cc1ccc(S(=O)(=O)N2CCCC2c2cccc(N(C)C)c2)c(Br)c1. The first-order chi connectivity index (χ1) is 11.8. The van der Waals surface area contributed by atoms with Gasteiger partial charge in [-0.05, 0) is 71.1 Å². The molecule has 0 bridgehead atoms. The second-order valence-electron chi connectivity index (χ2n) is 6.70. The number of hydrogen-bond donors (Lipinski definition) is 0. The maximum absolute atomic E-state index is 13.3. The minimum Gasteiger partial charge on any atom is -0.378 e. The summed E-state index contributed by atoms with van der Waals surface area (Å²) in [7, 11) is 0.440. The van der Waals surface area contributed by atoms with E-state index >= 15 is 0 Å². The Morgan fingerprint density at radius 2 is 1.92 bits per heavy atom. The van der Waals surface area contributed by atoms with Crippen LogP contribution in [0.25, 0.3) is 0 Å². The largest absolute Gasteiger partial charge is 0.378 e. The molecule has 1 fully saturated rings. The molecule has 0 saturated carbocycles. The van der Waals surface area contributed by atoms with E-state index in [4.69, 9.17) is 0 Å². The molecule has 25 heavy (non-hydrogen) atoms. The van der Waals surface area contributed by atoms with Crippen LogP contribution in [0.5, 0.6) is 0 Å². The molecule has 0 amide bonds. The van der Waals surface area contributed by atoms with Gasteiger partial charge in [-0.25, -0.2) is 8.42 Å². The van der Waals surface area contributed by atoms with E-state index in [2.05, 4.69) is 22.0 Å². The number of halogens is 1. The molecule has 1 saturated heterocycles. The first-order valence-corrected chi connectivity index (χ1v) is 10.6. The number of anilines is 1. The second-order valence-corrected chi connectivity index (χ2v) is 9.41. The van der Waals surface area contributed by atoms with Crippen molar-refractivity contribution in [2.45, 2.75) is 30.7 Å². The Kier molecular flexibility index (Phi) is 5.23. The fourth-order valence-corrected chi connectivity index (χ4v) is 6.15. The third-order valence-corrected chi connectivity index (χ3v) is 7.53. The number of sulfonamides is 1. The molecule has 1 aliphatic rings. The van der Waals surface area contributed by atoms with Crippen LogP contribution in [0.1, 0.15) is 30.0 Å². The van der Waals surface area contributed by atoms with Gasteiger partial charge in [0.25, 0.3) is 0 Å². The van der Waals surface area contributed by atoms with Crippen LogP contribution in [0.4, 0.5) is 5.69 Å². The van der Waals surface area contributed by atoms with Crippen molar-refractivity contribution in [2.75, 3.05) is 25.5 Å². The van der Waals surface area contributed by atoms with E-state index in [9.17, 15) is 8.42 Å². The van der Waals surface area contributed by atoms with Crippen molar-refractivity contribution in [3.05, 3.63) is 58.1 Å². The Balaban J connectivity index is 2.00. The molecule has 3 rings (SSSR count). The third-order valence-electron chi connectivity index (χ3n) is 4.65. The van der Waals surface area contributed by atoms with Crippen LogP contribution in [0, 0.1) is 6.92 Å². The zero-order valence-electron chi connectivity index (χ0n) is 14.7. The fourth-order valence-electron chi connectivity index (χ4n) is 3.31. The zero-order chi connectivity index (χ0) is 18.2. The van der Waals surface area contributed by atoms with E-state index in [-0.39, 0.29) is 6.04 Å². The molecule has 134 valence electrons. The Morgan fingerprint density at radius 3 is 2.60 bits per heavy atom. The minimum absolute atomic E-state index is 0.113. The van der Waals surface area contributed by atoms with Crippen molar-refractivity contribution >= 4 is 31.6 Å². The molecular weight excluding hydrogens is 400 g/mol. The van der Waals surface area contributed by atoms with Gasteiger partial charge >= 0.3 is 0 Å². The van der Waals surface area contributed by atoms with Gasteiger partial charge in [-0.15, -0.1) is 0 Å². The molecule has 1 atom stereocenters. The van der Waals surface area contributed by atoms with Crippen LogP contribution in [0.15, 0.2) is 51.8 Å². The summed E-state index contributed by atoms with van der Waals surface area (Å²) in [6.45, 7) is 2.51. The van der Waals surface area contributed by atoms with Crippen molar-refractivity contribution < 1.29 is 8.42 Å². The van der Waals surface area contributed by atoms with E-state index in [0.717, 1.165) is 29.7 Å². The standard InChI is InChI=1S/C19H23BrN2O2S/c1-14-9-10-19(17(20)12-14)25(23,24)22-11-5-8-18(22)15-6-4-7-16(13-15)21(2)3/h4,6-7,9-10,12-13,18H,5,8,11H2,1-3H3. The monoisotopic (exact) mass is 422 g/mol. The van der Waals surface area contributed by atoms with Crippen molar-refractivity contribution in [2.24, 2.45) is 0 Å². The summed E-state index contributed by atoms with van der Waals surface area (Å²) in [6, 6.07) is 13.4. The number of benzene rings is 2. The van der Waals surface area contributed by atoms with E-state index in [1.54, 1.807) is 10.4 Å². The maximum Gasteiger partial charge on any atom is 0.244 e. The molecule has 1 aliphatic heterocycles. The van der Waals surface area contributed by atoms with Crippen LogP contribution >= 0.6 is 15.9 Å². The normalized spacial score (nSPS) is 18.5. The lowest BCUT2D eigenvalue weighted by Crippen LogP contribution is -2.31. The maximum atomic E-state index is 13.3. The molecule has 2 aromatic carbocycles. The summed E-state index contributed by atoms with van der Waals surface area (Å²) in [6.07, 6.45) is 1.72. The number of hydrogen-bond acceptors (Lipinski definition) is 3. The van der Waals surface area contributed by atoms with Gasteiger partial charge < -0.3 is 4.90 Å². The average molecular weight is 423 g/mol. The lowest BCUT2D eigenvalue weighted by atomic mass is 10.0. The molecule has 1 heterocycles. The molecule has 0 radical (unpaired) electrons. The zero-order valence-corrected chi connectivity index (χ0v) is 17.1. The number of rotatable bonds is 4. The number of aryl methyl sites for hydroxylation is 1. The summed E-state index contributed by atoms with van der Waals surface area (Å²) >= 11 is 3.42. The highest BCUT2D eigenvalue weighted by molar-refractivity contribution is 9.10. The summed E-state index contributed by atoms with van der Waals surface area (Å²) in [4.78, 5) is 2.38. The predicted octanol–water partition coefficient (Wildman–Crippen LogP) is 4.35. The summed E-state index contributed by atoms with van der Waals surface area (Å²) in [5, 5.41) is 0. The molecule has 0 N–H and O–H groups in total. The van der Waals surface area contributed by atoms with Gasteiger partial charge in [0.15, 0.2) is 0 Å². The van der Waals surface area contributed by atoms with Crippen LogP contribution in [-0.2, 0) is 10.0 Å². The minimum atomic E-state index is -3.54. The van der Waals surface area contributed by atoms with Gasteiger partial charge in [-0.3, -0.25) is 0 Å². The Bertz CT molecular complexity index is 881. The Labute approximate surface area is 158 Å². The van der Waals surface area contributed by atoms with Gasteiger partial charge in [0.1, 0.15) is 0 Å². The fraction of sp³-hybridized carbons (Fsp3) is 0.368. The van der Waals surface area contributed by atoms with Gasteiger partial charge in [0.2, 0.25) is 10.0 Å². The third kappa shape index (κ3) is 3.61. The van der Waals surface area contributed by atoms with Gasteiger partial charge in [-0.1, -0.05) is 18.2 Å². The summed E-state index contributed by atoms with van der Waals surface area (Å²) in [5.74, 6) is 0. The van der Waals surface area contributed by atoms with Crippen LogP contribution in [0.3, 0.4) is 0 Å². The molecule has 4 nitrogen and oxygen atoms in total. The van der Waals surface area contributed by atoms with E-state index in [0.29, 0.717) is 15.9 Å². The van der Waals surface area contributed by atoms with Crippen LogP contribution in [0.2, 0.25) is 0 Å². The van der Waals surface area contributed by atoms with E-state index < -0.39 is 10.0 Å². The lowest BCUT2D eigenvalue weighted by molar-refractivity contribution is 0.396. The molecule has 0 aromatic heterocycles. The first-order valence-electron chi connectivity index (χ1n) is 8.36. The molecular formula is C19H23BrN2O2S. The Hall–Kier alpha value is -1.37. The number of nitrogens with zero attached hydrogens (tertiary/aromatic N) is 2. The lowest BCUT2D eigenvalue weighted by Gasteiger charge is -2.26. The van der Waals surface area contributed by atoms with Gasteiger partial charge in [0, 0.05) is 30.8 Å². The first kappa shape index (κ1) is 18.4. The molecule has 0 spiro atoms. The van der Waals surface area contributed by atoms with Crippen molar-refractivity contribution in [1.82, 2.24) is 4.31 Å². The van der Waals surface area contributed by atoms with Crippen molar-refractivity contribution in [3.8, 4) is 0 Å². The highest BCUT2D eigenvalue weighted by Crippen LogP contribution is 2.39. The van der Waals surface area contributed by atoms with Crippen molar-refractivity contribution in [3.63, 3.8) is 0 Å². The van der Waals surface area contributed by atoms with Crippen LogP contribution in [-0.4, -0.2) is 33.4 Å². The predicted molar refractivity (Wildman–Crippen MR) is 106 cm³/mol. The average Bonchev–Trinajstić information content (AvgIpc) is 3.05.